The van der Waals surface area contributed by atoms with E-state index < -0.39 is 11.8 Å². The number of hydrogen-bond acceptors (Lipinski definition) is 5. The number of anilines is 1. The Morgan fingerprint density at radius 1 is 1.16 bits per heavy atom. The second kappa shape index (κ2) is 6.76. The highest BCUT2D eigenvalue weighted by molar-refractivity contribution is 6.10. The summed E-state index contributed by atoms with van der Waals surface area (Å²) in [6.07, 6.45) is 0. The molecule has 1 aromatic heterocycles. The molecule has 0 atom stereocenters. The molecular weight excluding hydrogens is 322 g/mol. The van der Waals surface area contributed by atoms with Crippen molar-refractivity contribution in [2.24, 2.45) is 5.73 Å². The summed E-state index contributed by atoms with van der Waals surface area (Å²) >= 11 is 0. The minimum Gasteiger partial charge on any atom is -0.482 e. The van der Waals surface area contributed by atoms with Crippen LogP contribution in [0, 0.1) is 11.3 Å². The van der Waals surface area contributed by atoms with Crippen LogP contribution in [-0.2, 0) is 4.79 Å². The van der Waals surface area contributed by atoms with Crippen molar-refractivity contribution in [3.8, 4) is 11.8 Å². The number of primary amides is 1. The van der Waals surface area contributed by atoms with Crippen LogP contribution in [0.1, 0.15) is 16.1 Å². The summed E-state index contributed by atoms with van der Waals surface area (Å²) in [5, 5.41) is 12.2. The zero-order valence-corrected chi connectivity index (χ0v) is 13.0. The van der Waals surface area contributed by atoms with Crippen molar-refractivity contribution >= 4 is 28.5 Å². The second-order valence-electron chi connectivity index (χ2n) is 5.11. The first kappa shape index (κ1) is 16.1. The Kier molecular flexibility index (Phi) is 4.35. The Morgan fingerprint density at radius 2 is 1.88 bits per heavy atom. The number of hydrogen-bond donors (Lipinski definition) is 2. The van der Waals surface area contributed by atoms with Crippen LogP contribution in [0.3, 0.4) is 0 Å². The van der Waals surface area contributed by atoms with Crippen LogP contribution in [0.25, 0.3) is 11.0 Å². The van der Waals surface area contributed by atoms with E-state index in [0.717, 1.165) is 0 Å². The number of nitrogens with zero attached hydrogens (tertiary/aromatic N) is 1. The third-order valence-corrected chi connectivity index (χ3v) is 3.45. The van der Waals surface area contributed by atoms with Gasteiger partial charge in [-0.05, 0) is 24.3 Å². The molecule has 3 aromatic rings. The molecule has 0 fully saturated rings. The van der Waals surface area contributed by atoms with E-state index >= 15 is 0 Å². The first-order chi connectivity index (χ1) is 12.1. The van der Waals surface area contributed by atoms with Gasteiger partial charge in [0.25, 0.3) is 11.8 Å². The van der Waals surface area contributed by atoms with Crippen LogP contribution >= 0.6 is 0 Å². The molecule has 0 aliphatic heterocycles. The van der Waals surface area contributed by atoms with Crippen molar-refractivity contribution in [3.63, 3.8) is 0 Å². The molecule has 0 radical (unpaired) electrons. The quantitative estimate of drug-likeness (QED) is 0.742. The third-order valence-electron chi connectivity index (χ3n) is 3.45. The summed E-state index contributed by atoms with van der Waals surface area (Å²) in [4.78, 5) is 23.7. The largest absolute Gasteiger partial charge is 0.482 e. The lowest BCUT2D eigenvalue weighted by Crippen LogP contribution is -2.22. The van der Waals surface area contributed by atoms with E-state index in [9.17, 15) is 9.59 Å². The van der Waals surface area contributed by atoms with Crippen LogP contribution in [-0.4, -0.2) is 18.4 Å². The summed E-state index contributed by atoms with van der Waals surface area (Å²) < 4.78 is 10.8. The SMILES string of the molecule is N#Cc1ccccc1OCC(=O)Nc1c(C(N)=O)oc2ccccc12. The van der Waals surface area contributed by atoms with Gasteiger partial charge in [0, 0.05) is 5.39 Å². The number of benzene rings is 2. The van der Waals surface area contributed by atoms with Gasteiger partial charge in [-0.25, -0.2) is 0 Å². The minimum atomic E-state index is -0.790. The molecule has 124 valence electrons. The van der Waals surface area contributed by atoms with Gasteiger partial charge >= 0.3 is 0 Å². The fourth-order valence-corrected chi connectivity index (χ4v) is 2.35. The van der Waals surface area contributed by atoms with Crippen molar-refractivity contribution in [1.82, 2.24) is 0 Å². The highest BCUT2D eigenvalue weighted by Gasteiger charge is 2.20. The first-order valence-corrected chi connectivity index (χ1v) is 7.33. The van der Waals surface area contributed by atoms with Gasteiger partial charge in [-0.3, -0.25) is 9.59 Å². The monoisotopic (exact) mass is 335 g/mol. The van der Waals surface area contributed by atoms with Crippen molar-refractivity contribution in [2.45, 2.75) is 0 Å². The van der Waals surface area contributed by atoms with Gasteiger partial charge < -0.3 is 20.2 Å². The standard InChI is InChI=1S/C18H13N3O4/c19-9-11-5-1-3-7-13(11)24-10-15(22)21-16-12-6-2-4-8-14(12)25-17(16)18(20)23/h1-8H,10H2,(H2,20,23)(H,21,22). The molecule has 0 aliphatic rings. The van der Waals surface area contributed by atoms with Gasteiger partial charge in [0.1, 0.15) is 23.1 Å². The normalized spacial score (nSPS) is 10.2. The minimum absolute atomic E-state index is 0.132. The van der Waals surface area contributed by atoms with Crippen molar-refractivity contribution in [1.29, 1.82) is 5.26 Å². The van der Waals surface area contributed by atoms with E-state index in [4.69, 9.17) is 20.1 Å². The molecule has 7 heteroatoms. The zero-order valence-electron chi connectivity index (χ0n) is 13.0. The number of fused-ring (bicyclic) bond motifs is 1. The average Bonchev–Trinajstić information content (AvgIpc) is 2.99. The second-order valence-corrected chi connectivity index (χ2v) is 5.11. The molecule has 3 rings (SSSR count). The summed E-state index contributed by atoms with van der Waals surface area (Å²) in [6.45, 7) is -0.337. The molecule has 3 N–H and O–H groups in total. The molecule has 7 nitrogen and oxygen atoms in total. The number of amides is 2. The molecule has 2 aromatic carbocycles. The Labute approximate surface area is 142 Å². The van der Waals surface area contributed by atoms with Crippen molar-refractivity contribution in [2.75, 3.05) is 11.9 Å². The maximum atomic E-state index is 12.2. The number of rotatable bonds is 5. The molecule has 0 saturated heterocycles. The smallest absolute Gasteiger partial charge is 0.286 e. The Bertz CT molecular complexity index is 1000. The number of carbonyl (C=O) groups excluding carboxylic acids is 2. The Morgan fingerprint density at radius 3 is 2.64 bits per heavy atom. The van der Waals surface area contributed by atoms with Gasteiger partial charge in [-0.15, -0.1) is 0 Å². The van der Waals surface area contributed by atoms with Crippen LogP contribution in [0.5, 0.6) is 5.75 Å². The topological polar surface area (TPSA) is 118 Å². The van der Waals surface area contributed by atoms with Gasteiger partial charge in [-0.2, -0.15) is 5.26 Å². The van der Waals surface area contributed by atoms with Gasteiger partial charge in [0.15, 0.2) is 6.61 Å². The van der Waals surface area contributed by atoms with E-state index in [1.54, 1.807) is 48.5 Å². The maximum Gasteiger partial charge on any atom is 0.286 e. The Hall–Kier alpha value is -3.79. The molecule has 2 amide bonds. The van der Waals surface area contributed by atoms with Crippen LogP contribution < -0.4 is 15.8 Å². The zero-order chi connectivity index (χ0) is 17.8. The predicted molar refractivity (Wildman–Crippen MR) is 90.0 cm³/mol. The number of furan rings is 1. The lowest BCUT2D eigenvalue weighted by Gasteiger charge is -2.08. The lowest BCUT2D eigenvalue weighted by atomic mass is 10.2. The number of carbonyl (C=O) groups is 2. The van der Waals surface area contributed by atoms with Crippen LogP contribution in [0.2, 0.25) is 0 Å². The summed E-state index contributed by atoms with van der Waals surface area (Å²) in [6, 6.07) is 15.4. The molecule has 25 heavy (non-hydrogen) atoms. The number of nitrogens with two attached hydrogens (primary N) is 1. The fraction of sp³-hybridized carbons (Fsp3) is 0.0556. The molecule has 1 heterocycles. The molecule has 0 aliphatic carbocycles. The third kappa shape index (κ3) is 3.28. The molecule has 0 unspecified atom stereocenters. The van der Waals surface area contributed by atoms with Gasteiger partial charge in [-0.1, -0.05) is 24.3 Å². The van der Waals surface area contributed by atoms with Crippen LogP contribution in [0.4, 0.5) is 5.69 Å². The molecule has 0 saturated carbocycles. The number of nitriles is 1. The first-order valence-electron chi connectivity index (χ1n) is 7.33. The van der Waals surface area contributed by atoms with Crippen LogP contribution in [0.15, 0.2) is 52.9 Å². The predicted octanol–water partition coefficient (Wildman–Crippen LogP) is 2.42. The molecular formula is C18H13N3O4. The number of para-hydroxylation sites is 2. The number of ether oxygens (including phenoxy) is 1. The fourth-order valence-electron chi connectivity index (χ4n) is 2.35. The maximum absolute atomic E-state index is 12.2. The summed E-state index contributed by atoms with van der Waals surface area (Å²) in [5.41, 5.74) is 6.26. The summed E-state index contributed by atoms with van der Waals surface area (Å²) in [7, 11) is 0. The Balaban J connectivity index is 1.79. The highest BCUT2D eigenvalue weighted by Crippen LogP contribution is 2.30. The average molecular weight is 335 g/mol. The lowest BCUT2D eigenvalue weighted by molar-refractivity contribution is -0.118. The van der Waals surface area contributed by atoms with Crippen molar-refractivity contribution < 1.29 is 18.7 Å². The van der Waals surface area contributed by atoms with Gasteiger partial charge in [0.05, 0.1) is 5.56 Å². The van der Waals surface area contributed by atoms with Crippen molar-refractivity contribution in [3.05, 3.63) is 59.9 Å². The van der Waals surface area contributed by atoms with Gasteiger partial charge in [0.2, 0.25) is 5.76 Å². The molecule has 0 bridgehead atoms. The highest BCUT2D eigenvalue weighted by atomic mass is 16.5. The van der Waals surface area contributed by atoms with E-state index in [2.05, 4.69) is 5.32 Å². The van der Waals surface area contributed by atoms with E-state index in [0.29, 0.717) is 22.3 Å². The van der Waals surface area contributed by atoms with E-state index in [-0.39, 0.29) is 18.1 Å². The summed E-state index contributed by atoms with van der Waals surface area (Å²) in [5.74, 6) is -1.14. The van der Waals surface area contributed by atoms with E-state index in [1.807, 2.05) is 6.07 Å². The van der Waals surface area contributed by atoms with E-state index in [1.165, 1.54) is 0 Å². The molecule has 0 spiro atoms. The number of nitrogens with one attached hydrogen (secondary N) is 1.